The third-order valence-corrected chi connectivity index (χ3v) is 1.69. The van der Waals surface area contributed by atoms with E-state index in [0.717, 1.165) is 6.08 Å². The fraction of sp³-hybridized carbons (Fsp3) is 0.167. The highest BCUT2D eigenvalue weighted by Crippen LogP contribution is 2.14. The van der Waals surface area contributed by atoms with Crippen molar-refractivity contribution in [1.82, 2.24) is 9.78 Å². The van der Waals surface area contributed by atoms with Gasteiger partial charge in [-0.1, -0.05) is 11.6 Å². The van der Waals surface area contributed by atoms with E-state index in [1.807, 2.05) is 0 Å². The first-order chi connectivity index (χ1) is 5.66. The average molecular weight is 186 g/mol. The Bertz CT molecular complexity index is 365. The van der Waals surface area contributed by atoms with Gasteiger partial charge in [-0.25, -0.2) is 4.79 Å². The second-order valence-electron chi connectivity index (χ2n) is 1.98. The molecule has 5 nitrogen and oxygen atoms in total. The van der Waals surface area contributed by atoms with Crippen LogP contribution in [-0.4, -0.2) is 21.8 Å². The molecular formula is C6H4ClN3O2. The van der Waals surface area contributed by atoms with Gasteiger partial charge in [0.1, 0.15) is 5.15 Å². The van der Waals surface area contributed by atoms with Crippen molar-refractivity contribution < 1.29 is 9.59 Å². The number of hydrogen-bond donors (Lipinski definition) is 0. The van der Waals surface area contributed by atoms with Crippen LogP contribution >= 0.6 is 11.6 Å². The number of aliphatic imine (C=N–C) groups is 1. The summed E-state index contributed by atoms with van der Waals surface area (Å²) in [6, 6.07) is 0. The fourth-order valence-electron chi connectivity index (χ4n) is 0.668. The van der Waals surface area contributed by atoms with Gasteiger partial charge in [-0.15, -0.1) is 4.99 Å². The molecule has 6 heteroatoms. The number of isocyanates is 1. The van der Waals surface area contributed by atoms with E-state index in [0.29, 0.717) is 0 Å². The number of rotatable bonds is 1. The molecule has 0 atom stereocenters. The minimum Gasteiger partial charge on any atom is -0.266 e. The second-order valence-corrected chi connectivity index (χ2v) is 2.34. The van der Waals surface area contributed by atoms with Crippen LogP contribution in [0, 0.1) is 0 Å². The Morgan fingerprint density at radius 2 is 2.50 bits per heavy atom. The van der Waals surface area contributed by atoms with E-state index >= 15 is 0 Å². The molecule has 1 aromatic heterocycles. The maximum atomic E-state index is 10.9. The lowest BCUT2D eigenvalue weighted by Gasteiger charge is -1.90. The van der Waals surface area contributed by atoms with Crippen molar-refractivity contribution in [2.24, 2.45) is 12.0 Å². The zero-order chi connectivity index (χ0) is 9.14. The molecule has 0 saturated carbocycles. The zero-order valence-corrected chi connectivity index (χ0v) is 6.87. The Morgan fingerprint density at radius 1 is 1.83 bits per heavy atom. The lowest BCUT2D eigenvalue weighted by molar-refractivity contribution is 0.100. The van der Waals surface area contributed by atoms with E-state index in [2.05, 4.69) is 10.1 Å². The smallest absolute Gasteiger partial charge is 0.266 e. The molecule has 0 aliphatic heterocycles. The predicted molar refractivity (Wildman–Crippen MR) is 40.7 cm³/mol. The molecular weight excluding hydrogens is 182 g/mol. The number of aryl methyl sites for hydroxylation is 1. The van der Waals surface area contributed by atoms with Crippen LogP contribution in [0.4, 0.5) is 0 Å². The lowest BCUT2D eigenvalue weighted by Crippen LogP contribution is -1.94. The summed E-state index contributed by atoms with van der Waals surface area (Å²) >= 11 is 5.63. The van der Waals surface area contributed by atoms with Crippen molar-refractivity contribution in [1.29, 1.82) is 0 Å². The van der Waals surface area contributed by atoms with Crippen LogP contribution in [-0.2, 0) is 11.8 Å². The second kappa shape index (κ2) is 3.30. The number of hydrogen-bond acceptors (Lipinski definition) is 3. The molecule has 62 valence electrons. The van der Waals surface area contributed by atoms with Gasteiger partial charge in [0, 0.05) is 7.05 Å². The normalized spacial score (nSPS) is 9.17. The molecule has 12 heavy (non-hydrogen) atoms. The van der Waals surface area contributed by atoms with Crippen molar-refractivity contribution in [3.8, 4) is 0 Å². The molecule has 0 fully saturated rings. The molecule has 0 saturated heterocycles. The fourth-order valence-corrected chi connectivity index (χ4v) is 0.841. The summed E-state index contributed by atoms with van der Waals surface area (Å²) in [6.45, 7) is 0. The number of amides is 1. The minimum atomic E-state index is -0.733. The highest BCUT2D eigenvalue weighted by atomic mass is 35.5. The molecule has 1 amide bonds. The van der Waals surface area contributed by atoms with E-state index < -0.39 is 5.91 Å². The maximum Gasteiger partial charge on any atom is 0.292 e. The molecule has 0 radical (unpaired) electrons. The number of carbonyl (C=O) groups excluding carboxylic acids is 2. The Balaban J connectivity index is 3.11. The van der Waals surface area contributed by atoms with Gasteiger partial charge in [0.05, 0.1) is 11.8 Å². The highest BCUT2D eigenvalue weighted by Gasteiger charge is 2.12. The van der Waals surface area contributed by atoms with E-state index in [1.54, 1.807) is 7.05 Å². The molecule has 1 aromatic rings. The SMILES string of the molecule is Cn1ncc(C(=O)N=C=O)c1Cl. The molecule has 0 bridgehead atoms. The molecule has 1 heterocycles. The van der Waals surface area contributed by atoms with Gasteiger partial charge in [-0.05, 0) is 0 Å². The first-order valence-corrected chi connectivity index (χ1v) is 3.34. The van der Waals surface area contributed by atoms with E-state index in [-0.39, 0.29) is 10.7 Å². The number of halogens is 1. The Kier molecular flexibility index (Phi) is 2.38. The standard InChI is InChI=1S/C6H4ClN3O2/c1-10-5(7)4(2-9-10)6(12)8-3-11/h2H,1H3. The van der Waals surface area contributed by atoms with E-state index in [4.69, 9.17) is 11.6 Å². The van der Waals surface area contributed by atoms with Gasteiger partial charge in [-0.3, -0.25) is 9.48 Å². The van der Waals surface area contributed by atoms with Gasteiger partial charge in [-0.2, -0.15) is 5.10 Å². The molecule has 0 aliphatic rings. The van der Waals surface area contributed by atoms with Crippen LogP contribution < -0.4 is 0 Å². The summed E-state index contributed by atoms with van der Waals surface area (Å²) in [4.78, 5) is 23.5. The van der Waals surface area contributed by atoms with Gasteiger partial charge in [0.15, 0.2) is 0 Å². The van der Waals surface area contributed by atoms with Crippen molar-refractivity contribution in [2.75, 3.05) is 0 Å². The van der Waals surface area contributed by atoms with Crippen molar-refractivity contribution in [3.63, 3.8) is 0 Å². The van der Waals surface area contributed by atoms with Crippen molar-refractivity contribution >= 4 is 23.6 Å². The van der Waals surface area contributed by atoms with Crippen LogP contribution in [0.25, 0.3) is 0 Å². The minimum absolute atomic E-state index is 0.0996. The third-order valence-electron chi connectivity index (χ3n) is 1.24. The van der Waals surface area contributed by atoms with Gasteiger partial charge >= 0.3 is 0 Å². The summed E-state index contributed by atoms with van der Waals surface area (Å²) in [6.07, 6.45) is 2.37. The molecule has 0 aliphatic carbocycles. The summed E-state index contributed by atoms with van der Waals surface area (Å²) in [5.74, 6) is -0.733. The summed E-state index contributed by atoms with van der Waals surface area (Å²) in [7, 11) is 1.57. The Morgan fingerprint density at radius 3 is 2.92 bits per heavy atom. The van der Waals surface area contributed by atoms with Gasteiger partial charge in [0.2, 0.25) is 6.08 Å². The van der Waals surface area contributed by atoms with Crippen molar-refractivity contribution in [3.05, 3.63) is 16.9 Å². The summed E-state index contributed by atoms with van der Waals surface area (Å²) in [5, 5.41) is 3.85. The number of carbonyl (C=O) groups is 1. The molecule has 0 spiro atoms. The first-order valence-electron chi connectivity index (χ1n) is 2.96. The lowest BCUT2D eigenvalue weighted by atomic mass is 10.3. The monoisotopic (exact) mass is 185 g/mol. The van der Waals surface area contributed by atoms with E-state index in [9.17, 15) is 9.59 Å². The Labute approximate surface area is 72.7 Å². The quantitative estimate of drug-likeness (QED) is 0.474. The zero-order valence-electron chi connectivity index (χ0n) is 6.11. The average Bonchev–Trinajstić information content (AvgIpc) is 2.34. The van der Waals surface area contributed by atoms with Gasteiger partial charge in [0.25, 0.3) is 5.91 Å². The molecule has 0 N–H and O–H groups in total. The molecule has 0 aromatic carbocycles. The highest BCUT2D eigenvalue weighted by molar-refractivity contribution is 6.32. The first kappa shape index (κ1) is 8.64. The maximum absolute atomic E-state index is 10.9. The van der Waals surface area contributed by atoms with Crippen LogP contribution in [0.2, 0.25) is 5.15 Å². The van der Waals surface area contributed by atoms with E-state index in [1.165, 1.54) is 10.9 Å². The molecule has 0 unspecified atom stereocenters. The topological polar surface area (TPSA) is 64.3 Å². The predicted octanol–water partition coefficient (Wildman–Crippen LogP) is 0.549. The van der Waals surface area contributed by atoms with Crippen LogP contribution in [0.15, 0.2) is 11.2 Å². The van der Waals surface area contributed by atoms with Gasteiger partial charge < -0.3 is 0 Å². The Hall–Kier alpha value is -1.45. The summed E-state index contributed by atoms with van der Waals surface area (Å²) < 4.78 is 1.30. The number of nitrogens with zero attached hydrogens (tertiary/aromatic N) is 3. The summed E-state index contributed by atoms with van der Waals surface area (Å²) in [5.41, 5.74) is 0.0996. The molecule has 1 rings (SSSR count). The number of aromatic nitrogens is 2. The van der Waals surface area contributed by atoms with Crippen molar-refractivity contribution in [2.45, 2.75) is 0 Å². The van der Waals surface area contributed by atoms with Crippen LogP contribution in [0.1, 0.15) is 10.4 Å². The van der Waals surface area contributed by atoms with Crippen LogP contribution in [0.5, 0.6) is 0 Å². The third kappa shape index (κ3) is 1.42. The largest absolute Gasteiger partial charge is 0.292 e. The van der Waals surface area contributed by atoms with Crippen LogP contribution in [0.3, 0.4) is 0 Å².